The highest BCUT2D eigenvalue weighted by Gasteiger charge is 2.49. The van der Waals surface area contributed by atoms with Crippen molar-refractivity contribution >= 4 is 28.5 Å². The fraction of sp³-hybridized carbons (Fsp3) is 0.333. The molecule has 4 aromatic rings. The zero-order valence-corrected chi connectivity index (χ0v) is 20.4. The van der Waals surface area contributed by atoms with Crippen molar-refractivity contribution in [1.29, 1.82) is 0 Å². The molecule has 184 valence electrons. The summed E-state index contributed by atoms with van der Waals surface area (Å²) in [6.45, 7) is 1.81. The van der Waals surface area contributed by atoms with E-state index in [1.807, 2.05) is 64.0 Å². The average molecular weight is 485 g/mol. The third-order valence-corrected chi connectivity index (χ3v) is 7.80. The van der Waals surface area contributed by atoms with Crippen LogP contribution in [0.3, 0.4) is 0 Å². The standard InChI is InChI=1S/C27H28N6O3/c1-31-17-28-22-13-18(3-6-23(22)31)25(34)32-10-7-27(8-11-32)9-12-33(26(27)35)20-4-5-21(24(14-20)36-2)19-15-29-30-16-19/h3-6,13-17H,7-12H2,1-2H3,(H,29,30). The lowest BCUT2D eigenvalue weighted by atomic mass is 9.77. The minimum Gasteiger partial charge on any atom is -0.496 e. The van der Waals surface area contributed by atoms with Crippen LogP contribution in [0.15, 0.2) is 55.1 Å². The molecule has 2 saturated heterocycles. The van der Waals surface area contributed by atoms with Gasteiger partial charge in [0.2, 0.25) is 5.91 Å². The van der Waals surface area contributed by atoms with Crippen LogP contribution in [0, 0.1) is 5.41 Å². The molecule has 2 amide bonds. The van der Waals surface area contributed by atoms with Crippen molar-refractivity contribution in [2.75, 3.05) is 31.6 Å². The molecule has 9 heteroatoms. The van der Waals surface area contributed by atoms with E-state index in [0.29, 0.717) is 43.8 Å². The van der Waals surface area contributed by atoms with Crippen molar-refractivity contribution < 1.29 is 14.3 Å². The number of nitrogens with zero attached hydrogens (tertiary/aromatic N) is 5. The van der Waals surface area contributed by atoms with E-state index < -0.39 is 5.41 Å². The second-order valence-electron chi connectivity index (χ2n) is 9.71. The summed E-state index contributed by atoms with van der Waals surface area (Å²) in [5.74, 6) is 0.842. The molecule has 1 N–H and O–H groups in total. The Hall–Kier alpha value is -4.14. The number of imidazole rings is 1. The van der Waals surface area contributed by atoms with Crippen molar-refractivity contribution in [3.8, 4) is 16.9 Å². The Balaban J connectivity index is 1.16. The molecule has 6 rings (SSSR count). The number of aromatic nitrogens is 4. The Bertz CT molecular complexity index is 1450. The summed E-state index contributed by atoms with van der Waals surface area (Å²) in [7, 11) is 3.57. The molecule has 2 fully saturated rings. The maximum Gasteiger partial charge on any atom is 0.253 e. The Labute approximate surface area is 208 Å². The quantitative estimate of drug-likeness (QED) is 0.477. The molecule has 2 aromatic heterocycles. The van der Waals surface area contributed by atoms with Crippen molar-refractivity contribution in [3.63, 3.8) is 0 Å². The summed E-state index contributed by atoms with van der Waals surface area (Å²) in [6.07, 6.45) is 7.45. The first-order valence-corrected chi connectivity index (χ1v) is 12.2. The lowest BCUT2D eigenvalue weighted by Crippen LogP contribution is -2.46. The number of benzene rings is 2. The Kier molecular flexibility index (Phi) is 5.28. The van der Waals surface area contributed by atoms with Crippen LogP contribution < -0.4 is 9.64 Å². The van der Waals surface area contributed by atoms with Crippen LogP contribution in [0.5, 0.6) is 5.75 Å². The molecule has 4 heterocycles. The largest absolute Gasteiger partial charge is 0.496 e. The van der Waals surface area contributed by atoms with Crippen LogP contribution in [0.2, 0.25) is 0 Å². The molecule has 36 heavy (non-hydrogen) atoms. The molecule has 0 atom stereocenters. The number of hydrogen-bond acceptors (Lipinski definition) is 5. The van der Waals surface area contributed by atoms with Gasteiger partial charge in [0.15, 0.2) is 0 Å². The van der Waals surface area contributed by atoms with Crippen molar-refractivity contribution in [3.05, 3.63) is 60.7 Å². The minimum absolute atomic E-state index is 0.000670. The van der Waals surface area contributed by atoms with Gasteiger partial charge in [-0.1, -0.05) is 0 Å². The van der Waals surface area contributed by atoms with Crippen LogP contribution in [0.1, 0.15) is 29.6 Å². The normalized spacial score (nSPS) is 17.3. The lowest BCUT2D eigenvalue weighted by Gasteiger charge is -2.38. The van der Waals surface area contributed by atoms with E-state index >= 15 is 0 Å². The third-order valence-electron chi connectivity index (χ3n) is 7.80. The number of amides is 2. The second kappa shape index (κ2) is 8.51. The molecule has 0 aliphatic carbocycles. The molecule has 0 unspecified atom stereocenters. The van der Waals surface area contributed by atoms with Gasteiger partial charge in [0.05, 0.1) is 36.1 Å². The van der Waals surface area contributed by atoms with Crippen molar-refractivity contribution in [1.82, 2.24) is 24.6 Å². The van der Waals surface area contributed by atoms with Gasteiger partial charge < -0.3 is 19.1 Å². The zero-order chi connectivity index (χ0) is 24.9. The number of nitrogens with one attached hydrogen (secondary N) is 1. The van der Waals surface area contributed by atoms with Gasteiger partial charge in [0.25, 0.3) is 5.91 Å². The first-order chi connectivity index (χ1) is 17.5. The molecule has 1 spiro atoms. The third kappa shape index (κ3) is 3.54. The predicted molar refractivity (Wildman–Crippen MR) is 136 cm³/mol. The van der Waals surface area contributed by atoms with Gasteiger partial charge in [0.1, 0.15) is 5.75 Å². The number of anilines is 1. The fourth-order valence-corrected chi connectivity index (χ4v) is 5.60. The van der Waals surface area contributed by atoms with E-state index in [4.69, 9.17) is 4.74 Å². The average Bonchev–Trinajstić information content (AvgIpc) is 3.65. The monoisotopic (exact) mass is 484 g/mol. The zero-order valence-electron chi connectivity index (χ0n) is 20.4. The summed E-state index contributed by atoms with van der Waals surface area (Å²) in [6, 6.07) is 11.5. The number of likely N-dealkylation sites (tertiary alicyclic amines) is 1. The Morgan fingerprint density at radius 2 is 1.89 bits per heavy atom. The molecular formula is C27H28N6O3. The Morgan fingerprint density at radius 1 is 1.08 bits per heavy atom. The summed E-state index contributed by atoms with van der Waals surface area (Å²) >= 11 is 0. The van der Waals surface area contributed by atoms with E-state index in [2.05, 4.69) is 15.2 Å². The van der Waals surface area contributed by atoms with Gasteiger partial charge in [0, 0.05) is 61.3 Å². The van der Waals surface area contributed by atoms with Crippen LogP contribution in [-0.2, 0) is 11.8 Å². The highest BCUT2D eigenvalue weighted by Crippen LogP contribution is 2.44. The first kappa shape index (κ1) is 22.3. The van der Waals surface area contributed by atoms with E-state index in [1.165, 1.54) is 0 Å². The smallest absolute Gasteiger partial charge is 0.253 e. The van der Waals surface area contributed by atoms with Crippen LogP contribution in [-0.4, -0.2) is 63.2 Å². The van der Waals surface area contributed by atoms with Gasteiger partial charge in [-0.05, 0) is 49.6 Å². The van der Waals surface area contributed by atoms with Crippen molar-refractivity contribution in [2.45, 2.75) is 19.3 Å². The maximum atomic E-state index is 13.6. The number of ether oxygens (including phenoxy) is 1. The van der Waals surface area contributed by atoms with Gasteiger partial charge in [-0.2, -0.15) is 5.10 Å². The number of hydrogen-bond donors (Lipinski definition) is 1. The topological polar surface area (TPSA) is 96.3 Å². The second-order valence-corrected chi connectivity index (χ2v) is 9.71. The molecule has 0 saturated carbocycles. The number of piperidine rings is 1. The number of carbonyl (C=O) groups is 2. The number of aromatic amines is 1. The molecule has 2 aliphatic rings. The molecule has 9 nitrogen and oxygen atoms in total. The van der Waals surface area contributed by atoms with Crippen LogP contribution in [0.25, 0.3) is 22.2 Å². The van der Waals surface area contributed by atoms with Gasteiger partial charge in [-0.25, -0.2) is 4.98 Å². The molecule has 2 aliphatic heterocycles. The number of fused-ring (bicyclic) bond motifs is 1. The number of methoxy groups -OCH3 is 1. The van der Waals surface area contributed by atoms with Gasteiger partial charge >= 0.3 is 0 Å². The van der Waals surface area contributed by atoms with E-state index in [0.717, 1.165) is 34.3 Å². The summed E-state index contributed by atoms with van der Waals surface area (Å²) in [5.41, 5.74) is 4.72. The molecule has 2 aromatic carbocycles. The predicted octanol–water partition coefficient (Wildman–Crippen LogP) is 3.63. The highest BCUT2D eigenvalue weighted by molar-refractivity contribution is 6.01. The summed E-state index contributed by atoms with van der Waals surface area (Å²) in [5, 5.41) is 6.84. The number of carbonyl (C=O) groups excluding carboxylic acids is 2. The molecule has 0 bridgehead atoms. The fourth-order valence-electron chi connectivity index (χ4n) is 5.60. The van der Waals surface area contributed by atoms with E-state index in [-0.39, 0.29) is 11.8 Å². The summed E-state index contributed by atoms with van der Waals surface area (Å²) < 4.78 is 7.56. The van der Waals surface area contributed by atoms with Gasteiger partial charge in [-0.3, -0.25) is 14.7 Å². The van der Waals surface area contributed by atoms with Crippen molar-refractivity contribution in [2.24, 2.45) is 12.5 Å². The van der Waals surface area contributed by atoms with E-state index in [9.17, 15) is 9.59 Å². The molecule has 0 radical (unpaired) electrons. The Morgan fingerprint density at radius 3 is 2.64 bits per heavy atom. The minimum atomic E-state index is -0.418. The van der Waals surface area contributed by atoms with Crippen LogP contribution in [0.4, 0.5) is 5.69 Å². The highest BCUT2D eigenvalue weighted by atomic mass is 16.5. The van der Waals surface area contributed by atoms with E-state index in [1.54, 1.807) is 19.6 Å². The SMILES string of the molecule is COc1cc(N2CCC3(CCN(C(=O)c4ccc5c(c4)ncn5C)CC3)C2=O)ccc1-c1cn[nH]c1. The number of H-pyrrole nitrogens is 1. The summed E-state index contributed by atoms with van der Waals surface area (Å²) in [4.78, 5) is 35.0. The first-order valence-electron chi connectivity index (χ1n) is 12.2. The lowest BCUT2D eigenvalue weighted by molar-refractivity contribution is -0.127. The number of aryl methyl sites for hydroxylation is 1. The molecular weight excluding hydrogens is 456 g/mol. The van der Waals surface area contributed by atoms with Crippen LogP contribution >= 0.6 is 0 Å². The van der Waals surface area contributed by atoms with Gasteiger partial charge in [-0.15, -0.1) is 0 Å². The maximum absolute atomic E-state index is 13.6. The number of rotatable bonds is 4.